The van der Waals surface area contributed by atoms with Gasteiger partial charge < -0.3 is 25.0 Å². The number of carbonyl (C=O) groups is 1. The predicted molar refractivity (Wildman–Crippen MR) is 120 cm³/mol. The van der Waals surface area contributed by atoms with Crippen molar-refractivity contribution in [2.45, 2.75) is 39.2 Å². The second-order valence-electron chi connectivity index (χ2n) is 8.23. The first kappa shape index (κ1) is 22.4. The summed E-state index contributed by atoms with van der Waals surface area (Å²) in [6.45, 7) is 7.47. The molecule has 7 nitrogen and oxygen atoms in total. The molecule has 0 aliphatic carbocycles. The van der Waals surface area contributed by atoms with Crippen molar-refractivity contribution in [2.24, 2.45) is 16.8 Å². The third-order valence-electron chi connectivity index (χ3n) is 6.25. The van der Waals surface area contributed by atoms with E-state index in [1.807, 2.05) is 0 Å². The fourth-order valence-electron chi connectivity index (χ4n) is 4.27. The number of rotatable bonds is 6. The van der Waals surface area contributed by atoms with Gasteiger partial charge in [-0.05, 0) is 56.2 Å². The molecule has 0 radical (unpaired) electrons. The topological polar surface area (TPSA) is 77.4 Å². The van der Waals surface area contributed by atoms with Gasteiger partial charge in [-0.25, -0.2) is 4.99 Å². The zero-order valence-corrected chi connectivity index (χ0v) is 18.3. The Morgan fingerprint density at radius 3 is 2.37 bits per heavy atom. The van der Waals surface area contributed by atoms with Crippen molar-refractivity contribution in [3.05, 3.63) is 29.8 Å². The fraction of sp³-hybridized carbons (Fsp3) is 0.652. The van der Waals surface area contributed by atoms with E-state index in [9.17, 15) is 9.90 Å². The molecule has 2 saturated heterocycles. The van der Waals surface area contributed by atoms with Crippen LogP contribution in [0.3, 0.4) is 0 Å². The monoisotopic (exact) mass is 416 g/mol. The summed E-state index contributed by atoms with van der Waals surface area (Å²) < 4.78 is 4.88. The van der Waals surface area contributed by atoms with E-state index >= 15 is 0 Å². The number of hydrogen-bond acceptors (Lipinski definition) is 5. The van der Waals surface area contributed by atoms with Crippen LogP contribution >= 0.6 is 0 Å². The van der Waals surface area contributed by atoms with Crippen LogP contribution in [0.5, 0.6) is 0 Å². The Morgan fingerprint density at radius 2 is 1.80 bits per heavy atom. The summed E-state index contributed by atoms with van der Waals surface area (Å²) >= 11 is 0. The van der Waals surface area contributed by atoms with Crippen molar-refractivity contribution < 1.29 is 14.6 Å². The first-order chi connectivity index (χ1) is 14.6. The van der Waals surface area contributed by atoms with Crippen LogP contribution < -0.4 is 10.2 Å². The van der Waals surface area contributed by atoms with Crippen molar-refractivity contribution in [3.63, 3.8) is 0 Å². The van der Waals surface area contributed by atoms with Crippen molar-refractivity contribution in [2.75, 3.05) is 51.3 Å². The Morgan fingerprint density at radius 1 is 1.13 bits per heavy atom. The highest BCUT2D eigenvalue weighted by Crippen LogP contribution is 2.24. The van der Waals surface area contributed by atoms with Gasteiger partial charge in [0, 0.05) is 45.0 Å². The minimum absolute atomic E-state index is 0.00381. The number of likely N-dealkylation sites (tertiary alicyclic amines) is 1. The van der Waals surface area contributed by atoms with Crippen LogP contribution in [0.25, 0.3) is 0 Å². The van der Waals surface area contributed by atoms with Crippen molar-refractivity contribution >= 4 is 17.6 Å². The standard InChI is InChI=1S/C23H36N4O3/c1-3-24-23(27-14-10-20(11-15-27)22(29)30-2)25-16-18-4-6-21(7-5-18)26-12-8-19(17-28)9-13-26/h4-7,19-20,28H,3,8-17H2,1-2H3,(H,24,25). The lowest BCUT2D eigenvalue weighted by molar-refractivity contribution is -0.146. The molecule has 2 aliphatic rings. The normalized spacial score (nSPS) is 19.1. The molecule has 0 atom stereocenters. The molecule has 0 bridgehead atoms. The Kier molecular flexibility index (Phi) is 8.37. The van der Waals surface area contributed by atoms with Crippen LogP contribution in [0.2, 0.25) is 0 Å². The van der Waals surface area contributed by atoms with E-state index in [1.165, 1.54) is 18.4 Å². The Hall–Kier alpha value is -2.28. The highest BCUT2D eigenvalue weighted by Gasteiger charge is 2.27. The summed E-state index contributed by atoms with van der Waals surface area (Å²) in [5, 5.41) is 12.7. The molecular formula is C23H36N4O3. The van der Waals surface area contributed by atoms with Crippen LogP contribution in [0.15, 0.2) is 29.3 Å². The highest BCUT2D eigenvalue weighted by atomic mass is 16.5. The van der Waals surface area contributed by atoms with Gasteiger partial charge in [0.15, 0.2) is 5.96 Å². The number of aliphatic imine (C=N–C) groups is 1. The van der Waals surface area contributed by atoms with E-state index in [0.29, 0.717) is 19.1 Å². The van der Waals surface area contributed by atoms with Crippen molar-refractivity contribution in [3.8, 4) is 0 Å². The summed E-state index contributed by atoms with van der Waals surface area (Å²) in [5.74, 6) is 1.27. The minimum atomic E-state index is -0.0998. The van der Waals surface area contributed by atoms with Crippen LogP contribution in [-0.4, -0.2) is 68.4 Å². The minimum Gasteiger partial charge on any atom is -0.469 e. The smallest absolute Gasteiger partial charge is 0.308 e. The van der Waals surface area contributed by atoms with Gasteiger partial charge in [0.1, 0.15) is 0 Å². The maximum absolute atomic E-state index is 11.8. The fourth-order valence-corrected chi connectivity index (χ4v) is 4.27. The Bertz CT molecular complexity index is 691. The molecular weight excluding hydrogens is 380 g/mol. The van der Waals surface area contributed by atoms with Crippen molar-refractivity contribution in [1.82, 2.24) is 10.2 Å². The number of benzene rings is 1. The SMILES string of the molecule is CCNC(=NCc1ccc(N2CCC(CO)CC2)cc1)N1CCC(C(=O)OC)CC1. The molecule has 0 saturated carbocycles. The lowest BCUT2D eigenvalue weighted by Gasteiger charge is -2.33. The second-order valence-corrected chi connectivity index (χ2v) is 8.23. The zero-order chi connectivity index (χ0) is 21.3. The third-order valence-corrected chi connectivity index (χ3v) is 6.25. The average molecular weight is 417 g/mol. The number of methoxy groups -OCH3 is 1. The lowest BCUT2D eigenvalue weighted by Crippen LogP contribution is -2.46. The molecule has 2 aliphatic heterocycles. The van der Waals surface area contributed by atoms with Gasteiger partial charge in [-0.1, -0.05) is 12.1 Å². The number of ether oxygens (including phenoxy) is 1. The molecule has 0 amide bonds. The van der Waals surface area contributed by atoms with Gasteiger partial charge in [0.05, 0.1) is 19.6 Å². The molecule has 3 rings (SSSR count). The van der Waals surface area contributed by atoms with Gasteiger partial charge in [0.2, 0.25) is 0 Å². The van der Waals surface area contributed by atoms with E-state index in [2.05, 4.69) is 46.3 Å². The molecule has 2 N–H and O–H groups in total. The largest absolute Gasteiger partial charge is 0.469 e. The number of guanidine groups is 1. The molecule has 30 heavy (non-hydrogen) atoms. The van der Waals surface area contributed by atoms with E-state index < -0.39 is 0 Å². The molecule has 1 aromatic rings. The zero-order valence-electron chi connectivity index (χ0n) is 18.3. The van der Waals surface area contributed by atoms with Crippen molar-refractivity contribution in [1.29, 1.82) is 0 Å². The highest BCUT2D eigenvalue weighted by molar-refractivity contribution is 5.80. The number of aliphatic hydroxyl groups is 1. The number of aliphatic hydroxyl groups excluding tert-OH is 1. The number of nitrogens with zero attached hydrogens (tertiary/aromatic N) is 3. The van der Waals surface area contributed by atoms with Gasteiger partial charge in [-0.15, -0.1) is 0 Å². The quantitative estimate of drug-likeness (QED) is 0.421. The number of nitrogens with one attached hydrogen (secondary N) is 1. The predicted octanol–water partition coefficient (Wildman–Crippen LogP) is 2.25. The molecule has 0 aromatic heterocycles. The van der Waals surface area contributed by atoms with Crippen LogP contribution in [0, 0.1) is 11.8 Å². The summed E-state index contributed by atoms with van der Waals surface area (Å²) in [7, 11) is 1.46. The molecule has 0 unspecified atom stereocenters. The molecule has 1 aromatic carbocycles. The number of anilines is 1. The number of carbonyl (C=O) groups excluding carboxylic acids is 1. The molecule has 2 heterocycles. The second kappa shape index (κ2) is 11.2. The molecule has 166 valence electrons. The van der Waals surface area contributed by atoms with Gasteiger partial charge in [-0.2, -0.15) is 0 Å². The van der Waals surface area contributed by atoms with Crippen LogP contribution in [-0.2, 0) is 16.1 Å². The maximum Gasteiger partial charge on any atom is 0.308 e. The lowest BCUT2D eigenvalue weighted by atomic mass is 9.97. The number of hydrogen-bond donors (Lipinski definition) is 2. The number of esters is 1. The Balaban J connectivity index is 1.55. The average Bonchev–Trinajstić information content (AvgIpc) is 2.82. The van der Waals surface area contributed by atoms with E-state index in [0.717, 1.165) is 64.4 Å². The van der Waals surface area contributed by atoms with Gasteiger partial charge in [-0.3, -0.25) is 4.79 Å². The molecule has 7 heteroatoms. The van der Waals surface area contributed by atoms with Gasteiger partial charge in [0.25, 0.3) is 0 Å². The summed E-state index contributed by atoms with van der Waals surface area (Å²) in [5.41, 5.74) is 2.43. The third kappa shape index (κ3) is 5.88. The molecule has 2 fully saturated rings. The maximum atomic E-state index is 11.8. The Labute approximate surface area is 180 Å². The summed E-state index contributed by atoms with van der Waals surface area (Å²) in [6.07, 6.45) is 3.72. The van der Waals surface area contributed by atoms with Crippen LogP contribution in [0.1, 0.15) is 38.2 Å². The summed E-state index contributed by atoms with van der Waals surface area (Å²) in [4.78, 5) is 21.2. The summed E-state index contributed by atoms with van der Waals surface area (Å²) in [6, 6.07) is 8.67. The molecule has 0 spiro atoms. The first-order valence-electron chi connectivity index (χ1n) is 11.2. The van der Waals surface area contributed by atoms with Crippen LogP contribution in [0.4, 0.5) is 5.69 Å². The number of piperidine rings is 2. The first-order valence-corrected chi connectivity index (χ1v) is 11.2. The van der Waals surface area contributed by atoms with E-state index in [4.69, 9.17) is 9.73 Å². The van der Waals surface area contributed by atoms with E-state index in [1.54, 1.807) is 0 Å². The van der Waals surface area contributed by atoms with Gasteiger partial charge >= 0.3 is 5.97 Å². The van der Waals surface area contributed by atoms with E-state index in [-0.39, 0.29) is 11.9 Å².